The lowest BCUT2D eigenvalue weighted by Gasteiger charge is -2.21. The van der Waals surface area contributed by atoms with Crippen molar-refractivity contribution in [2.75, 3.05) is 19.6 Å². The number of likely N-dealkylation sites (tertiary alicyclic amines) is 1. The van der Waals surface area contributed by atoms with Gasteiger partial charge in [-0.15, -0.1) is 0 Å². The summed E-state index contributed by atoms with van der Waals surface area (Å²) in [4.78, 5) is 6.89. The van der Waals surface area contributed by atoms with Crippen LogP contribution in [0, 0.1) is 12.3 Å². The summed E-state index contributed by atoms with van der Waals surface area (Å²) >= 11 is 0. The molecule has 0 saturated carbocycles. The molecule has 0 bridgehead atoms. The zero-order valence-electron chi connectivity index (χ0n) is 13.4. The maximum Gasteiger partial charge on any atom is 0.231 e. The van der Waals surface area contributed by atoms with Gasteiger partial charge in [0, 0.05) is 6.54 Å². The first-order chi connectivity index (χ1) is 10.6. The Morgan fingerprint density at radius 1 is 1.36 bits per heavy atom. The van der Waals surface area contributed by atoms with E-state index >= 15 is 0 Å². The van der Waals surface area contributed by atoms with Crippen molar-refractivity contribution in [2.24, 2.45) is 11.1 Å². The van der Waals surface area contributed by atoms with Crippen LogP contribution in [-0.2, 0) is 13.0 Å². The van der Waals surface area contributed by atoms with Gasteiger partial charge in [-0.1, -0.05) is 36.3 Å². The quantitative estimate of drug-likeness (QED) is 0.916. The first-order valence-electron chi connectivity index (χ1n) is 7.86. The molecule has 1 aromatic carbocycles. The number of nitrogens with two attached hydrogens (primary N) is 1. The first kappa shape index (κ1) is 15.2. The summed E-state index contributed by atoms with van der Waals surface area (Å²) in [6.45, 7) is 7.87. The summed E-state index contributed by atoms with van der Waals surface area (Å²) in [6.07, 6.45) is 1.83. The Morgan fingerprint density at radius 3 is 2.91 bits per heavy atom. The molecule has 1 aromatic heterocycles. The highest BCUT2D eigenvalue weighted by Gasteiger charge is 2.32. The van der Waals surface area contributed by atoms with Crippen LogP contribution in [0.4, 0.5) is 0 Å². The summed E-state index contributed by atoms with van der Waals surface area (Å²) in [5.41, 5.74) is 8.56. The van der Waals surface area contributed by atoms with Crippen molar-refractivity contribution in [3.05, 3.63) is 47.1 Å². The summed E-state index contributed by atoms with van der Waals surface area (Å²) in [6, 6.07) is 8.29. The summed E-state index contributed by atoms with van der Waals surface area (Å²) in [5, 5.41) is 4.12. The van der Waals surface area contributed by atoms with Gasteiger partial charge >= 0.3 is 0 Å². The third-order valence-electron chi connectivity index (χ3n) is 4.61. The van der Waals surface area contributed by atoms with Crippen LogP contribution in [0.5, 0.6) is 0 Å². The molecular formula is C17H24N4O. The average molecular weight is 300 g/mol. The van der Waals surface area contributed by atoms with Gasteiger partial charge in [0.2, 0.25) is 5.89 Å². The van der Waals surface area contributed by atoms with Gasteiger partial charge in [0.25, 0.3) is 0 Å². The van der Waals surface area contributed by atoms with E-state index in [0.29, 0.717) is 12.3 Å². The largest absolute Gasteiger partial charge is 0.339 e. The van der Waals surface area contributed by atoms with Gasteiger partial charge in [-0.05, 0) is 43.0 Å². The average Bonchev–Trinajstić information content (AvgIpc) is 3.10. The monoisotopic (exact) mass is 300 g/mol. The number of benzene rings is 1. The third kappa shape index (κ3) is 3.36. The molecule has 1 fully saturated rings. The van der Waals surface area contributed by atoms with Crippen LogP contribution in [0.1, 0.15) is 36.2 Å². The van der Waals surface area contributed by atoms with Crippen molar-refractivity contribution in [1.29, 1.82) is 0 Å². The molecule has 22 heavy (non-hydrogen) atoms. The van der Waals surface area contributed by atoms with Gasteiger partial charge in [-0.3, -0.25) is 4.90 Å². The van der Waals surface area contributed by atoms with Crippen molar-refractivity contribution in [3.8, 4) is 0 Å². The molecule has 118 valence electrons. The summed E-state index contributed by atoms with van der Waals surface area (Å²) in [7, 11) is 0. The van der Waals surface area contributed by atoms with Crippen LogP contribution in [-0.4, -0.2) is 34.7 Å². The van der Waals surface area contributed by atoms with E-state index in [2.05, 4.69) is 41.0 Å². The Bertz CT molecular complexity index is 639. The number of nitrogens with zero attached hydrogens (tertiary/aromatic N) is 3. The van der Waals surface area contributed by atoms with Crippen LogP contribution in [0.15, 0.2) is 28.8 Å². The van der Waals surface area contributed by atoms with E-state index in [1.807, 2.05) is 12.1 Å². The number of aryl methyl sites for hydroxylation is 1. The highest BCUT2D eigenvalue weighted by atomic mass is 16.5. The predicted octanol–water partition coefficient (Wildman–Crippen LogP) is 2.14. The van der Waals surface area contributed by atoms with Crippen molar-refractivity contribution < 1.29 is 4.52 Å². The van der Waals surface area contributed by atoms with Gasteiger partial charge in [-0.25, -0.2) is 0 Å². The normalized spacial score (nSPS) is 22.3. The lowest BCUT2D eigenvalue weighted by molar-refractivity contribution is 0.265. The van der Waals surface area contributed by atoms with E-state index in [1.165, 1.54) is 11.1 Å². The van der Waals surface area contributed by atoms with Crippen LogP contribution >= 0.6 is 0 Å². The van der Waals surface area contributed by atoms with Gasteiger partial charge < -0.3 is 10.3 Å². The first-order valence-corrected chi connectivity index (χ1v) is 7.86. The second-order valence-corrected chi connectivity index (χ2v) is 6.68. The van der Waals surface area contributed by atoms with Gasteiger partial charge in [-0.2, -0.15) is 4.98 Å². The molecular weight excluding hydrogens is 276 g/mol. The number of aromatic nitrogens is 2. The SMILES string of the molecule is Cc1ccccc1Cc1nc(CN2CCC(C)(CN)C2)no1. The zero-order chi connectivity index (χ0) is 15.6. The fraction of sp³-hybridized carbons (Fsp3) is 0.529. The molecule has 1 atom stereocenters. The van der Waals surface area contributed by atoms with Crippen LogP contribution in [0.3, 0.4) is 0 Å². The lowest BCUT2D eigenvalue weighted by atomic mass is 9.90. The second kappa shape index (κ2) is 6.18. The number of rotatable bonds is 5. The number of hydrogen-bond acceptors (Lipinski definition) is 5. The molecule has 2 N–H and O–H groups in total. The predicted molar refractivity (Wildman–Crippen MR) is 85.3 cm³/mol. The van der Waals surface area contributed by atoms with E-state index in [-0.39, 0.29) is 5.41 Å². The maximum atomic E-state index is 5.85. The molecule has 0 spiro atoms. The molecule has 2 heterocycles. The fourth-order valence-corrected chi connectivity index (χ4v) is 3.03. The van der Waals surface area contributed by atoms with E-state index in [9.17, 15) is 0 Å². The molecule has 0 radical (unpaired) electrons. The Kier molecular flexibility index (Phi) is 4.27. The smallest absolute Gasteiger partial charge is 0.231 e. The van der Waals surface area contributed by atoms with E-state index in [1.54, 1.807) is 0 Å². The Morgan fingerprint density at radius 2 is 2.18 bits per heavy atom. The third-order valence-corrected chi connectivity index (χ3v) is 4.61. The molecule has 0 aliphatic carbocycles. The molecule has 0 amide bonds. The Hall–Kier alpha value is -1.72. The summed E-state index contributed by atoms with van der Waals surface area (Å²) < 4.78 is 5.40. The molecule has 1 saturated heterocycles. The van der Waals surface area contributed by atoms with Crippen molar-refractivity contribution >= 4 is 0 Å². The van der Waals surface area contributed by atoms with Crippen LogP contribution < -0.4 is 5.73 Å². The van der Waals surface area contributed by atoms with Crippen molar-refractivity contribution in [1.82, 2.24) is 15.0 Å². The highest BCUT2D eigenvalue weighted by Crippen LogP contribution is 2.29. The van der Waals surface area contributed by atoms with E-state index in [0.717, 1.165) is 38.4 Å². The van der Waals surface area contributed by atoms with Crippen molar-refractivity contribution in [2.45, 2.75) is 33.2 Å². The topological polar surface area (TPSA) is 68.2 Å². The standard InChI is InChI=1S/C17H24N4O/c1-13-5-3-4-6-14(13)9-16-19-15(20-22-16)10-21-8-7-17(2,11-18)12-21/h3-6H,7-12,18H2,1-2H3. The van der Waals surface area contributed by atoms with Crippen LogP contribution in [0.2, 0.25) is 0 Å². The molecule has 5 heteroatoms. The van der Waals surface area contributed by atoms with E-state index < -0.39 is 0 Å². The van der Waals surface area contributed by atoms with Crippen LogP contribution in [0.25, 0.3) is 0 Å². The fourth-order valence-electron chi connectivity index (χ4n) is 3.03. The Balaban J connectivity index is 1.61. The minimum atomic E-state index is 0.230. The van der Waals surface area contributed by atoms with Crippen molar-refractivity contribution in [3.63, 3.8) is 0 Å². The van der Waals surface area contributed by atoms with E-state index in [4.69, 9.17) is 10.3 Å². The lowest BCUT2D eigenvalue weighted by Crippen LogP contribution is -2.31. The molecule has 2 aromatic rings. The molecule has 1 aliphatic heterocycles. The highest BCUT2D eigenvalue weighted by molar-refractivity contribution is 5.27. The molecule has 5 nitrogen and oxygen atoms in total. The molecule has 1 unspecified atom stereocenters. The number of hydrogen-bond donors (Lipinski definition) is 1. The Labute approximate surface area is 131 Å². The van der Waals surface area contributed by atoms with Gasteiger partial charge in [0.1, 0.15) is 0 Å². The molecule has 1 aliphatic rings. The minimum absolute atomic E-state index is 0.230. The van der Waals surface area contributed by atoms with Gasteiger partial charge in [0.05, 0.1) is 13.0 Å². The second-order valence-electron chi connectivity index (χ2n) is 6.68. The zero-order valence-corrected chi connectivity index (χ0v) is 13.4. The maximum absolute atomic E-state index is 5.85. The summed E-state index contributed by atoms with van der Waals surface area (Å²) in [5.74, 6) is 1.45. The van der Waals surface area contributed by atoms with Gasteiger partial charge in [0.15, 0.2) is 5.82 Å². The molecule has 3 rings (SSSR count). The minimum Gasteiger partial charge on any atom is -0.339 e.